The molecular weight excluding hydrogens is 567 g/mol. The summed E-state index contributed by atoms with van der Waals surface area (Å²) in [4.78, 5) is 15.4. The number of aromatic nitrogens is 3. The van der Waals surface area contributed by atoms with Gasteiger partial charge in [0.2, 0.25) is 15.9 Å². The Morgan fingerprint density at radius 2 is 1.60 bits per heavy atom. The Bertz CT molecular complexity index is 1640. The zero-order chi connectivity index (χ0) is 29.9. The first-order valence-corrected chi connectivity index (χ1v) is 16.6. The molecule has 1 saturated heterocycles. The van der Waals surface area contributed by atoms with E-state index in [-0.39, 0.29) is 16.6 Å². The first kappa shape index (κ1) is 30.0. The number of carbonyl (C=O) groups excluding carboxylic acids is 1. The third kappa shape index (κ3) is 6.45. The van der Waals surface area contributed by atoms with E-state index in [1.807, 2.05) is 53.6 Å². The summed E-state index contributed by atoms with van der Waals surface area (Å²) < 4.78 is 28.9. The Balaban J connectivity index is 1.37. The second-order valence-corrected chi connectivity index (χ2v) is 14.1. The van der Waals surface area contributed by atoms with E-state index < -0.39 is 10.0 Å². The van der Waals surface area contributed by atoms with E-state index in [1.165, 1.54) is 35.7 Å². The van der Waals surface area contributed by atoms with Gasteiger partial charge in [-0.3, -0.25) is 9.36 Å². The fraction of sp³-hybridized carbons (Fsp3) is 0.344. The summed E-state index contributed by atoms with van der Waals surface area (Å²) in [5, 5.41) is 9.60. The van der Waals surface area contributed by atoms with Gasteiger partial charge in [-0.2, -0.15) is 0 Å². The zero-order valence-corrected chi connectivity index (χ0v) is 26.2. The topological polar surface area (TPSA) is 88.4 Å². The highest BCUT2D eigenvalue weighted by Gasteiger charge is 2.26. The number of hydrogen-bond acceptors (Lipinski definition) is 6. The van der Waals surface area contributed by atoms with Crippen LogP contribution in [0.15, 0.2) is 82.8 Å². The van der Waals surface area contributed by atoms with Crippen LogP contribution in [0.5, 0.6) is 0 Å². The molecule has 1 amide bonds. The fourth-order valence-corrected chi connectivity index (χ4v) is 7.26. The van der Waals surface area contributed by atoms with Crippen LogP contribution < -0.4 is 0 Å². The number of carbonyl (C=O) groups is 1. The minimum Gasteiger partial charge on any atom is -0.342 e. The van der Waals surface area contributed by atoms with Gasteiger partial charge in [0, 0.05) is 32.7 Å². The number of likely N-dealkylation sites (tertiary alicyclic amines) is 1. The average Bonchev–Trinajstić information content (AvgIpc) is 3.40. The highest BCUT2D eigenvalue weighted by atomic mass is 32.2. The van der Waals surface area contributed by atoms with Crippen molar-refractivity contribution < 1.29 is 13.2 Å². The number of thioether (sulfide) groups is 1. The molecule has 220 valence electrons. The number of nitrogens with zero attached hydrogens (tertiary/aromatic N) is 5. The predicted molar refractivity (Wildman–Crippen MR) is 167 cm³/mol. The van der Waals surface area contributed by atoms with E-state index >= 15 is 0 Å². The van der Waals surface area contributed by atoms with Gasteiger partial charge in [0.1, 0.15) is 0 Å². The van der Waals surface area contributed by atoms with Crippen molar-refractivity contribution in [2.75, 3.05) is 32.9 Å². The van der Waals surface area contributed by atoms with E-state index in [2.05, 4.69) is 34.5 Å². The molecule has 1 aromatic heterocycles. The lowest BCUT2D eigenvalue weighted by Crippen LogP contribution is -2.39. The molecule has 4 aromatic rings. The highest BCUT2D eigenvalue weighted by molar-refractivity contribution is 7.99. The lowest BCUT2D eigenvalue weighted by Gasteiger charge is -2.32. The molecule has 42 heavy (non-hydrogen) atoms. The minimum absolute atomic E-state index is 0.0924. The molecule has 0 radical (unpaired) electrons. The summed E-state index contributed by atoms with van der Waals surface area (Å²) >= 11 is 1.37. The summed E-state index contributed by atoms with van der Waals surface area (Å²) in [6.07, 6.45) is 3.05. The van der Waals surface area contributed by atoms with E-state index in [4.69, 9.17) is 0 Å². The SMILES string of the molecule is Cc1cccc(C)c1-n1c(SCC(=O)N2CCC(Cc3ccccc3)CC2)nnc1-c1cccc(S(=O)(=O)N(C)C)c1. The van der Waals surface area contributed by atoms with Crippen molar-refractivity contribution in [3.63, 3.8) is 0 Å². The average molecular weight is 604 g/mol. The number of rotatable bonds is 9. The Labute approximate surface area is 252 Å². The van der Waals surface area contributed by atoms with Crippen LogP contribution in [0.3, 0.4) is 0 Å². The molecule has 0 spiro atoms. The number of para-hydroxylation sites is 1. The zero-order valence-electron chi connectivity index (χ0n) is 24.5. The van der Waals surface area contributed by atoms with E-state index in [0.717, 1.165) is 49.2 Å². The van der Waals surface area contributed by atoms with Crippen molar-refractivity contribution in [3.05, 3.63) is 89.5 Å². The van der Waals surface area contributed by atoms with Crippen LogP contribution in [0.4, 0.5) is 0 Å². The number of hydrogen-bond donors (Lipinski definition) is 0. The first-order valence-electron chi connectivity index (χ1n) is 14.1. The van der Waals surface area contributed by atoms with Gasteiger partial charge in [0.05, 0.1) is 16.3 Å². The Morgan fingerprint density at radius 1 is 0.929 bits per heavy atom. The molecule has 8 nitrogen and oxygen atoms in total. The van der Waals surface area contributed by atoms with Crippen molar-refractivity contribution in [3.8, 4) is 17.1 Å². The molecule has 10 heteroatoms. The van der Waals surface area contributed by atoms with Crippen molar-refractivity contribution >= 4 is 27.7 Å². The highest BCUT2D eigenvalue weighted by Crippen LogP contribution is 2.33. The van der Waals surface area contributed by atoms with E-state index in [1.54, 1.807) is 18.2 Å². The van der Waals surface area contributed by atoms with Crippen molar-refractivity contribution in [1.29, 1.82) is 0 Å². The maximum absolute atomic E-state index is 13.3. The lowest BCUT2D eigenvalue weighted by atomic mass is 9.90. The third-order valence-corrected chi connectivity index (χ3v) is 10.6. The van der Waals surface area contributed by atoms with Crippen LogP contribution in [0.25, 0.3) is 17.1 Å². The maximum atomic E-state index is 13.3. The summed E-state index contributed by atoms with van der Waals surface area (Å²) in [6, 6.07) is 23.4. The first-order chi connectivity index (χ1) is 20.1. The molecule has 0 aliphatic carbocycles. The molecule has 0 bridgehead atoms. The Hall–Kier alpha value is -3.47. The summed E-state index contributed by atoms with van der Waals surface area (Å²) in [6.45, 7) is 5.58. The van der Waals surface area contributed by atoms with Crippen LogP contribution in [0, 0.1) is 19.8 Å². The van der Waals surface area contributed by atoms with Gasteiger partial charge in [-0.1, -0.05) is 72.4 Å². The van der Waals surface area contributed by atoms with Gasteiger partial charge >= 0.3 is 0 Å². The summed E-state index contributed by atoms with van der Waals surface area (Å²) in [5.41, 5.74) is 4.97. The van der Waals surface area contributed by atoms with Gasteiger partial charge in [-0.25, -0.2) is 12.7 Å². The molecular formula is C32H37N5O3S2. The molecule has 1 fully saturated rings. The van der Waals surface area contributed by atoms with Crippen LogP contribution in [-0.4, -0.2) is 71.2 Å². The van der Waals surface area contributed by atoms with Crippen LogP contribution >= 0.6 is 11.8 Å². The fourth-order valence-electron chi connectivity index (χ4n) is 5.47. The second kappa shape index (κ2) is 12.8. The minimum atomic E-state index is -3.63. The normalized spacial score (nSPS) is 14.5. The molecule has 5 rings (SSSR count). The smallest absolute Gasteiger partial charge is 0.242 e. The van der Waals surface area contributed by atoms with E-state index in [0.29, 0.717) is 22.5 Å². The lowest BCUT2D eigenvalue weighted by molar-refractivity contribution is -0.129. The molecule has 2 heterocycles. The number of benzene rings is 3. The Morgan fingerprint density at radius 3 is 2.26 bits per heavy atom. The largest absolute Gasteiger partial charge is 0.342 e. The van der Waals surface area contributed by atoms with Crippen molar-refractivity contribution in [2.24, 2.45) is 5.92 Å². The molecule has 0 atom stereocenters. The second-order valence-electron chi connectivity index (χ2n) is 11.0. The van der Waals surface area contributed by atoms with Crippen molar-refractivity contribution in [2.45, 2.75) is 43.2 Å². The number of amides is 1. The van der Waals surface area contributed by atoms with Gasteiger partial charge in [-0.05, 0) is 67.9 Å². The molecule has 1 aliphatic rings. The van der Waals surface area contributed by atoms with Crippen LogP contribution in [0.1, 0.15) is 29.5 Å². The van der Waals surface area contributed by atoms with Gasteiger partial charge in [0.25, 0.3) is 0 Å². The van der Waals surface area contributed by atoms with Gasteiger partial charge < -0.3 is 4.90 Å². The summed E-state index contributed by atoms with van der Waals surface area (Å²) in [5.74, 6) is 1.46. The molecule has 3 aromatic carbocycles. The number of aryl methyl sites for hydroxylation is 2. The molecule has 0 N–H and O–H groups in total. The van der Waals surface area contributed by atoms with Crippen LogP contribution in [0.2, 0.25) is 0 Å². The predicted octanol–water partition coefficient (Wildman–Crippen LogP) is 5.37. The number of sulfonamides is 1. The summed E-state index contributed by atoms with van der Waals surface area (Å²) in [7, 11) is -0.604. The monoisotopic (exact) mass is 603 g/mol. The van der Waals surface area contributed by atoms with Crippen molar-refractivity contribution in [1.82, 2.24) is 24.0 Å². The maximum Gasteiger partial charge on any atom is 0.242 e. The van der Waals surface area contributed by atoms with Gasteiger partial charge in [-0.15, -0.1) is 10.2 Å². The quantitative estimate of drug-likeness (QED) is 0.239. The third-order valence-electron chi connectivity index (χ3n) is 7.83. The van der Waals surface area contributed by atoms with Crippen LogP contribution in [-0.2, 0) is 21.2 Å². The number of piperidine rings is 1. The standard InChI is InChI=1S/C32H37N5O3S2/c1-23-10-8-11-24(2)30(23)37-31(27-14-9-15-28(21-27)42(39,40)35(3)4)33-34-32(37)41-22-29(38)36-18-16-26(17-19-36)20-25-12-6-5-7-13-25/h5-15,21,26H,16-20,22H2,1-4H3. The Kier molecular flexibility index (Phi) is 9.15. The van der Waals surface area contributed by atoms with E-state index in [9.17, 15) is 13.2 Å². The molecule has 1 aliphatic heterocycles. The molecule has 0 unspecified atom stereocenters. The molecule has 0 saturated carbocycles. The van der Waals surface area contributed by atoms with Gasteiger partial charge in [0.15, 0.2) is 11.0 Å².